The van der Waals surface area contributed by atoms with Gasteiger partial charge in [0.2, 0.25) is 0 Å². The van der Waals surface area contributed by atoms with E-state index in [2.05, 4.69) is 21.0 Å². The molecular weight excluding hydrogens is 264 g/mol. The highest BCUT2D eigenvalue weighted by molar-refractivity contribution is 9.10. The number of thiophene rings is 1. The van der Waals surface area contributed by atoms with E-state index in [1.54, 1.807) is 6.20 Å². The van der Waals surface area contributed by atoms with Crippen LogP contribution in [0.3, 0.4) is 0 Å². The fourth-order valence-corrected chi connectivity index (χ4v) is 2.18. The minimum Gasteiger partial charge on any atom is -0.297 e. The third kappa shape index (κ3) is 2.10. The van der Waals surface area contributed by atoms with E-state index in [0.29, 0.717) is 6.54 Å². The van der Waals surface area contributed by atoms with Crippen LogP contribution >= 0.6 is 27.3 Å². The van der Waals surface area contributed by atoms with Crippen molar-refractivity contribution in [3.63, 3.8) is 0 Å². The van der Waals surface area contributed by atoms with E-state index in [0.717, 1.165) is 21.2 Å². The average molecular weight is 271 g/mol. The minimum atomic E-state index is 0.704. The lowest BCUT2D eigenvalue weighted by Gasteiger charge is -1.96. The molecule has 0 bridgehead atoms. The fraction of sp³-hybridized carbons (Fsp3) is 0.111. The number of carbonyl (C=O) groups is 1. The zero-order valence-corrected chi connectivity index (χ0v) is 9.59. The normalized spacial score (nSPS) is 10.4. The SMILES string of the molecule is O=Cc1cc(Cn2cc(Br)cn2)cs1. The molecule has 2 aromatic rings. The molecule has 72 valence electrons. The summed E-state index contributed by atoms with van der Waals surface area (Å²) < 4.78 is 2.78. The van der Waals surface area contributed by atoms with Gasteiger partial charge in [-0.05, 0) is 32.9 Å². The van der Waals surface area contributed by atoms with Gasteiger partial charge in [0.05, 0.1) is 22.1 Å². The van der Waals surface area contributed by atoms with Gasteiger partial charge in [0.15, 0.2) is 6.29 Å². The first-order valence-electron chi connectivity index (χ1n) is 3.98. The highest BCUT2D eigenvalue weighted by atomic mass is 79.9. The Bertz CT molecular complexity index is 449. The zero-order chi connectivity index (χ0) is 9.97. The molecule has 2 rings (SSSR count). The van der Waals surface area contributed by atoms with Crippen LogP contribution in [-0.2, 0) is 6.54 Å². The largest absolute Gasteiger partial charge is 0.297 e. The Balaban J connectivity index is 2.14. The van der Waals surface area contributed by atoms with Crippen LogP contribution in [0.2, 0.25) is 0 Å². The summed E-state index contributed by atoms with van der Waals surface area (Å²) in [6, 6.07) is 1.88. The van der Waals surface area contributed by atoms with E-state index >= 15 is 0 Å². The fourth-order valence-electron chi connectivity index (χ4n) is 1.15. The lowest BCUT2D eigenvalue weighted by atomic mass is 10.3. The molecule has 0 aliphatic carbocycles. The van der Waals surface area contributed by atoms with Crippen LogP contribution in [0.1, 0.15) is 15.2 Å². The maximum Gasteiger partial charge on any atom is 0.160 e. The summed E-state index contributed by atoms with van der Waals surface area (Å²) >= 11 is 4.78. The van der Waals surface area contributed by atoms with Gasteiger partial charge in [-0.25, -0.2) is 0 Å². The zero-order valence-electron chi connectivity index (χ0n) is 7.18. The molecule has 0 unspecified atom stereocenters. The summed E-state index contributed by atoms with van der Waals surface area (Å²) in [6.07, 6.45) is 4.51. The van der Waals surface area contributed by atoms with Crippen molar-refractivity contribution in [3.8, 4) is 0 Å². The van der Waals surface area contributed by atoms with E-state index in [-0.39, 0.29) is 0 Å². The van der Waals surface area contributed by atoms with Gasteiger partial charge in [0.25, 0.3) is 0 Å². The molecule has 0 saturated carbocycles. The number of halogens is 1. The molecule has 0 aliphatic rings. The van der Waals surface area contributed by atoms with Crippen molar-refractivity contribution in [1.29, 1.82) is 0 Å². The smallest absolute Gasteiger partial charge is 0.160 e. The molecule has 0 aliphatic heterocycles. The summed E-state index contributed by atoms with van der Waals surface area (Å²) in [7, 11) is 0. The summed E-state index contributed by atoms with van der Waals surface area (Å²) in [5.41, 5.74) is 1.10. The Kier molecular flexibility index (Phi) is 2.79. The summed E-state index contributed by atoms with van der Waals surface area (Å²) in [4.78, 5) is 11.2. The second kappa shape index (κ2) is 4.06. The van der Waals surface area contributed by atoms with Crippen molar-refractivity contribution in [2.75, 3.05) is 0 Å². The maximum absolute atomic E-state index is 10.5. The van der Waals surface area contributed by atoms with Gasteiger partial charge in [-0.1, -0.05) is 0 Å². The molecule has 14 heavy (non-hydrogen) atoms. The third-order valence-corrected chi connectivity index (χ3v) is 3.05. The van der Waals surface area contributed by atoms with Crippen molar-refractivity contribution in [2.45, 2.75) is 6.54 Å². The van der Waals surface area contributed by atoms with Gasteiger partial charge in [-0.3, -0.25) is 9.48 Å². The topological polar surface area (TPSA) is 34.9 Å². The Morgan fingerprint density at radius 3 is 3.07 bits per heavy atom. The Morgan fingerprint density at radius 1 is 1.64 bits per heavy atom. The second-order valence-electron chi connectivity index (χ2n) is 2.83. The van der Waals surface area contributed by atoms with Gasteiger partial charge in [-0.2, -0.15) is 5.10 Å². The highest BCUT2D eigenvalue weighted by Crippen LogP contribution is 2.14. The van der Waals surface area contributed by atoms with Gasteiger partial charge in [0, 0.05) is 6.20 Å². The van der Waals surface area contributed by atoms with Crippen LogP contribution in [0.15, 0.2) is 28.3 Å². The van der Waals surface area contributed by atoms with Crippen LogP contribution < -0.4 is 0 Å². The number of rotatable bonds is 3. The predicted octanol–water partition coefficient (Wildman–Crippen LogP) is 2.57. The molecule has 2 heterocycles. The van der Waals surface area contributed by atoms with Gasteiger partial charge < -0.3 is 0 Å². The van der Waals surface area contributed by atoms with Crippen LogP contribution in [-0.4, -0.2) is 16.1 Å². The van der Waals surface area contributed by atoms with Crippen LogP contribution in [0.4, 0.5) is 0 Å². The predicted molar refractivity (Wildman–Crippen MR) is 58.7 cm³/mol. The number of hydrogen-bond acceptors (Lipinski definition) is 3. The third-order valence-electron chi connectivity index (χ3n) is 1.74. The molecule has 0 N–H and O–H groups in total. The minimum absolute atomic E-state index is 0.704. The molecule has 0 fully saturated rings. The number of aldehydes is 1. The van der Waals surface area contributed by atoms with E-state index < -0.39 is 0 Å². The highest BCUT2D eigenvalue weighted by Gasteiger charge is 2.00. The Labute approximate surface area is 93.5 Å². The van der Waals surface area contributed by atoms with Gasteiger partial charge in [0.1, 0.15) is 0 Å². The first-order chi connectivity index (χ1) is 6.78. The maximum atomic E-state index is 10.5. The summed E-state index contributed by atoms with van der Waals surface area (Å²) in [6.45, 7) is 0.704. The summed E-state index contributed by atoms with van der Waals surface area (Å²) in [5.74, 6) is 0. The van der Waals surface area contributed by atoms with E-state index in [1.807, 2.05) is 22.3 Å². The van der Waals surface area contributed by atoms with Crippen LogP contribution in [0, 0.1) is 0 Å². The number of carbonyl (C=O) groups excluding carboxylic acids is 1. The molecule has 0 saturated heterocycles. The molecule has 2 aromatic heterocycles. The standard InChI is InChI=1S/C9H7BrN2OS/c10-8-2-11-12(4-8)3-7-1-9(5-13)14-6-7/h1-2,4-6H,3H2. The quantitative estimate of drug-likeness (QED) is 0.804. The molecule has 0 atom stereocenters. The Morgan fingerprint density at radius 2 is 2.50 bits per heavy atom. The molecule has 0 aromatic carbocycles. The van der Waals surface area contributed by atoms with Crippen molar-refractivity contribution >= 4 is 33.6 Å². The van der Waals surface area contributed by atoms with Crippen LogP contribution in [0.25, 0.3) is 0 Å². The van der Waals surface area contributed by atoms with Gasteiger partial charge >= 0.3 is 0 Å². The monoisotopic (exact) mass is 270 g/mol. The molecule has 3 nitrogen and oxygen atoms in total. The first-order valence-corrected chi connectivity index (χ1v) is 5.66. The van der Waals surface area contributed by atoms with E-state index in [9.17, 15) is 4.79 Å². The molecule has 0 radical (unpaired) electrons. The second-order valence-corrected chi connectivity index (χ2v) is 4.69. The molecule has 0 spiro atoms. The molecule has 0 amide bonds. The van der Waals surface area contributed by atoms with E-state index in [1.165, 1.54) is 11.3 Å². The van der Waals surface area contributed by atoms with Crippen molar-refractivity contribution in [1.82, 2.24) is 9.78 Å². The van der Waals surface area contributed by atoms with Crippen LogP contribution in [0.5, 0.6) is 0 Å². The average Bonchev–Trinajstić information content (AvgIpc) is 2.76. The summed E-state index contributed by atoms with van der Waals surface area (Å²) in [5, 5.41) is 6.10. The van der Waals surface area contributed by atoms with Crippen molar-refractivity contribution in [2.24, 2.45) is 0 Å². The molecular formula is C9H7BrN2OS. The molecule has 5 heteroatoms. The van der Waals surface area contributed by atoms with E-state index in [4.69, 9.17) is 0 Å². The Hall–Kier alpha value is -0.940. The lowest BCUT2D eigenvalue weighted by molar-refractivity contribution is 0.112. The first kappa shape index (κ1) is 9.61. The lowest BCUT2D eigenvalue weighted by Crippen LogP contribution is -1.97. The van der Waals surface area contributed by atoms with Crippen molar-refractivity contribution in [3.05, 3.63) is 38.8 Å². The number of nitrogens with zero attached hydrogens (tertiary/aromatic N) is 2. The van der Waals surface area contributed by atoms with Crippen molar-refractivity contribution < 1.29 is 4.79 Å². The number of aromatic nitrogens is 2. The van der Waals surface area contributed by atoms with Gasteiger partial charge in [-0.15, -0.1) is 11.3 Å². The number of hydrogen-bond donors (Lipinski definition) is 0.